The standard InChI is InChI=1S/C19H19ClN2O2S/c20-15-4-3-5-16(12-15)21-18(23)13-24-17-8-6-14(7-9-17)19(25)22-10-1-2-11-22/h3-9,12H,1-2,10-11,13H2,(H,21,23). The molecule has 25 heavy (non-hydrogen) atoms. The fourth-order valence-electron chi connectivity index (χ4n) is 2.71. The molecule has 0 spiro atoms. The molecule has 0 saturated carbocycles. The maximum absolute atomic E-state index is 11.9. The van der Waals surface area contributed by atoms with Crippen LogP contribution in [0, 0.1) is 0 Å². The van der Waals surface area contributed by atoms with E-state index in [4.69, 9.17) is 28.6 Å². The number of carbonyl (C=O) groups is 1. The SMILES string of the molecule is O=C(COc1ccc(C(=S)N2CCCC2)cc1)Nc1cccc(Cl)c1. The van der Waals surface area contributed by atoms with Gasteiger partial charge in [-0.05, 0) is 55.3 Å². The van der Waals surface area contributed by atoms with Gasteiger partial charge in [-0.15, -0.1) is 0 Å². The normalized spacial score (nSPS) is 13.6. The van der Waals surface area contributed by atoms with Gasteiger partial charge < -0.3 is 15.0 Å². The summed E-state index contributed by atoms with van der Waals surface area (Å²) in [6.45, 7) is 1.99. The molecule has 6 heteroatoms. The van der Waals surface area contributed by atoms with Crippen molar-refractivity contribution in [2.75, 3.05) is 25.0 Å². The number of benzene rings is 2. The molecule has 0 radical (unpaired) electrons. The molecule has 2 aromatic carbocycles. The molecule has 1 heterocycles. The summed E-state index contributed by atoms with van der Waals surface area (Å²) in [5.41, 5.74) is 1.65. The molecule has 0 bridgehead atoms. The molecular weight excluding hydrogens is 356 g/mol. The summed E-state index contributed by atoms with van der Waals surface area (Å²) in [7, 11) is 0. The van der Waals surface area contributed by atoms with E-state index in [1.807, 2.05) is 24.3 Å². The van der Waals surface area contributed by atoms with Crippen LogP contribution in [-0.2, 0) is 4.79 Å². The summed E-state index contributed by atoms with van der Waals surface area (Å²) in [4.78, 5) is 15.0. The van der Waals surface area contributed by atoms with Gasteiger partial charge in [-0.25, -0.2) is 0 Å². The van der Waals surface area contributed by atoms with Crippen LogP contribution >= 0.6 is 23.8 Å². The van der Waals surface area contributed by atoms with Crippen molar-refractivity contribution in [2.45, 2.75) is 12.8 Å². The first kappa shape index (κ1) is 17.7. The van der Waals surface area contributed by atoms with Crippen LogP contribution in [0.15, 0.2) is 48.5 Å². The summed E-state index contributed by atoms with van der Waals surface area (Å²) in [6, 6.07) is 14.5. The Kier molecular flexibility index (Phi) is 5.89. The number of nitrogens with zero attached hydrogens (tertiary/aromatic N) is 1. The lowest BCUT2D eigenvalue weighted by Gasteiger charge is -2.18. The number of carbonyl (C=O) groups excluding carboxylic acids is 1. The van der Waals surface area contributed by atoms with Gasteiger partial charge in [0.1, 0.15) is 10.7 Å². The van der Waals surface area contributed by atoms with Crippen LogP contribution in [-0.4, -0.2) is 35.5 Å². The Balaban J connectivity index is 1.51. The van der Waals surface area contributed by atoms with Crippen LogP contribution in [0.1, 0.15) is 18.4 Å². The largest absolute Gasteiger partial charge is 0.484 e. The van der Waals surface area contributed by atoms with Crippen LogP contribution < -0.4 is 10.1 Å². The first-order chi connectivity index (χ1) is 12.1. The number of ether oxygens (including phenoxy) is 1. The van der Waals surface area contributed by atoms with E-state index in [0.29, 0.717) is 16.5 Å². The number of likely N-dealkylation sites (tertiary alicyclic amines) is 1. The van der Waals surface area contributed by atoms with E-state index in [1.165, 1.54) is 12.8 Å². The van der Waals surface area contributed by atoms with Crippen LogP contribution in [0.5, 0.6) is 5.75 Å². The number of hydrogen-bond donors (Lipinski definition) is 1. The highest BCUT2D eigenvalue weighted by molar-refractivity contribution is 7.80. The zero-order valence-corrected chi connectivity index (χ0v) is 15.3. The highest BCUT2D eigenvalue weighted by Crippen LogP contribution is 2.18. The summed E-state index contributed by atoms with van der Waals surface area (Å²) in [5, 5.41) is 3.32. The average Bonchev–Trinajstić information content (AvgIpc) is 3.14. The first-order valence-electron chi connectivity index (χ1n) is 8.19. The van der Waals surface area contributed by atoms with E-state index in [-0.39, 0.29) is 12.5 Å². The number of halogens is 1. The zero-order chi connectivity index (χ0) is 17.6. The Morgan fingerprint density at radius 3 is 2.56 bits per heavy atom. The van der Waals surface area contributed by atoms with Crippen LogP contribution in [0.4, 0.5) is 5.69 Å². The molecule has 1 aliphatic rings. The molecule has 1 amide bonds. The Labute approximate surface area is 157 Å². The fraction of sp³-hybridized carbons (Fsp3) is 0.263. The minimum Gasteiger partial charge on any atom is -0.484 e. The van der Waals surface area contributed by atoms with E-state index >= 15 is 0 Å². The lowest BCUT2D eigenvalue weighted by atomic mass is 10.2. The highest BCUT2D eigenvalue weighted by Gasteiger charge is 2.16. The summed E-state index contributed by atoms with van der Waals surface area (Å²) >= 11 is 11.4. The average molecular weight is 375 g/mol. The second-order valence-electron chi connectivity index (χ2n) is 5.87. The third kappa shape index (κ3) is 4.94. The van der Waals surface area contributed by atoms with Gasteiger partial charge in [0.15, 0.2) is 6.61 Å². The fourth-order valence-corrected chi connectivity index (χ4v) is 3.22. The molecule has 0 aromatic heterocycles. The monoisotopic (exact) mass is 374 g/mol. The molecule has 3 rings (SSSR count). The van der Waals surface area contributed by atoms with Gasteiger partial charge in [0.2, 0.25) is 0 Å². The zero-order valence-electron chi connectivity index (χ0n) is 13.7. The molecule has 4 nitrogen and oxygen atoms in total. The minimum absolute atomic E-state index is 0.0670. The van der Waals surface area contributed by atoms with E-state index < -0.39 is 0 Å². The van der Waals surface area contributed by atoms with Crippen molar-refractivity contribution < 1.29 is 9.53 Å². The number of thiocarbonyl (C=S) groups is 1. The van der Waals surface area contributed by atoms with Crippen LogP contribution in [0.2, 0.25) is 5.02 Å². The predicted molar refractivity (Wildman–Crippen MR) is 105 cm³/mol. The van der Waals surface area contributed by atoms with Gasteiger partial charge in [0.05, 0.1) is 0 Å². The number of nitrogens with one attached hydrogen (secondary N) is 1. The van der Waals surface area contributed by atoms with E-state index in [0.717, 1.165) is 23.6 Å². The molecular formula is C19H19ClN2O2S. The van der Waals surface area contributed by atoms with E-state index in [9.17, 15) is 4.79 Å². The van der Waals surface area contributed by atoms with Crippen molar-refractivity contribution in [2.24, 2.45) is 0 Å². The third-order valence-electron chi connectivity index (χ3n) is 3.97. The molecule has 1 fully saturated rings. The first-order valence-corrected chi connectivity index (χ1v) is 8.98. The van der Waals surface area contributed by atoms with Crippen LogP contribution in [0.25, 0.3) is 0 Å². The summed E-state index contributed by atoms with van der Waals surface area (Å²) < 4.78 is 5.53. The molecule has 1 saturated heterocycles. The number of anilines is 1. The Morgan fingerprint density at radius 1 is 1.16 bits per heavy atom. The van der Waals surface area contributed by atoms with Gasteiger partial charge in [0.25, 0.3) is 5.91 Å². The minimum atomic E-state index is -0.237. The second kappa shape index (κ2) is 8.32. The molecule has 2 aromatic rings. The van der Waals surface area contributed by atoms with Crippen molar-refractivity contribution >= 4 is 40.4 Å². The number of amides is 1. The van der Waals surface area contributed by atoms with E-state index in [2.05, 4.69) is 10.2 Å². The van der Waals surface area contributed by atoms with Gasteiger partial charge in [-0.2, -0.15) is 0 Å². The van der Waals surface area contributed by atoms with Crippen LogP contribution in [0.3, 0.4) is 0 Å². The maximum atomic E-state index is 11.9. The molecule has 0 atom stereocenters. The van der Waals surface area contributed by atoms with Crippen molar-refractivity contribution in [1.82, 2.24) is 4.90 Å². The lowest BCUT2D eigenvalue weighted by Crippen LogP contribution is -2.26. The smallest absolute Gasteiger partial charge is 0.262 e. The lowest BCUT2D eigenvalue weighted by molar-refractivity contribution is -0.118. The Morgan fingerprint density at radius 2 is 1.88 bits per heavy atom. The second-order valence-corrected chi connectivity index (χ2v) is 6.69. The Bertz CT molecular complexity index is 758. The topological polar surface area (TPSA) is 41.6 Å². The van der Waals surface area contributed by atoms with Crippen molar-refractivity contribution in [3.8, 4) is 5.75 Å². The highest BCUT2D eigenvalue weighted by atomic mass is 35.5. The molecule has 1 N–H and O–H groups in total. The predicted octanol–water partition coefficient (Wildman–Crippen LogP) is 4.13. The third-order valence-corrected chi connectivity index (χ3v) is 4.70. The summed E-state index contributed by atoms with van der Waals surface area (Å²) in [5.74, 6) is 0.396. The Hall–Kier alpha value is -2.11. The summed E-state index contributed by atoms with van der Waals surface area (Å²) in [6.07, 6.45) is 2.39. The van der Waals surface area contributed by atoms with Crippen molar-refractivity contribution in [3.05, 3.63) is 59.1 Å². The van der Waals surface area contributed by atoms with Gasteiger partial charge >= 0.3 is 0 Å². The van der Waals surface area contributed by atoms with Crippen molar-refractivity contribution in [3.63, 3.8) is 0 Å². The molecule has 0 aliphatic carbocycles. The molecule has 0 unspecified atom stereocenters. The number of hydrogen-bond acceptors (Lipinski definition) is 3. The maximum Gasteiger partial charge on any atom is 0.262 e. The molecule has 1 aliphatic heterocycles. The number of rotatable bonds is 5. The quantitative estimate of drug-likeness (QED) is 0.799. The molecule has 130 valence electrons. The van der Waals surface area contributed by atoms with Gasteiger partial charge in [-0.3, -0.25) is 4.79 Å². The van der Waals surface area contributed by atoms with Crippen molar-refractivity contribution in [1.29, 1.82) is 0 Å². The van der Waals surface area contributed by atoms with E-state index in [1.54, 1.807) is 24.3 Å². The van der Waals surface area contributed by atoms with Gasteiger partial charge in [-0.1, -0.05) is 29.9 Å². The van der Waals surface area contributed by atoms with Gasteiger partial charge in [0, 0.05) is 29.4 Å².